The lowest BCUT2D eigenvalue weighted by Gasteiger charge is -2.29. The molecule has 210 valence electrons. The first-order chi connectivity index (χ1) is 19.6. The number of carboxylic acid groups (broad SMARTS) is 1. The van der Waals surface area contributed by atoms with Crippen molar-refractivity contribution in [3.8, 4) is 5.69 Å². The van der Waals surface area contributed by atoms with Gasteiger partial charge in [-0.05, 0) is 98.7 Å². The molecular formula is C32H33N5O3S. The van der Waals surface area contributed by atoms with Gasteiger partial charge in [-0.25, -0.2) is 4.79 Å². The maximum Gasteiger partial charge on any atom is 0.335 e. The van der Waals surface area contributed by atoms with Gasteiger partial charge in [0.2, 0.25) is 5.91 Å². The van der Waals surface area contributed by atoms with Gasteiger partial charge >= 0.3 is 5.97 Å². The van der Waals surface area contributed by atoms with Crippen molar-refractivity contribution in [2.75, 3.05) is 10.2 Å². The van der Waals surface area contributed by atoms with Crippen LogP contribution in [0.25, 0.3) is 5.69 Å². The molecule has 1 saturated heterocycles. The fourth-order valence-corrected chi connectivity index (χ4v) is 5.77. The number of hydrogen-bond donors (Lipinski definition) is 3. The molecule has 9 heteroatoms. The normalized spacial score (nSPS) is 16.6. The van der Waals surface area contributed by atoms with E-state index in [-0.39, 0.29) is 29.5 Å². The number of aromatic carboxylic acids is 1. The van der Waals surface area contributed by atoms with Crippen LogP contribution in [0, 0.1) is 26.7 Å². The molecule has 8 nitrogen and oxygen atoms in total. The predicted molar refractivity (Wildman–Crippen MR) is 165 cm³/mol. The Balaban J connectivity index is 1.62. The van der Waals surface area contributed by atoms with E-state index in [1.807, 2.05) is 77.1 Å². The van der Waals surface area contributed by atoms with Gasteiger partial charge in [-0.3, -0.25) is 9.78 Å². The second-order valence-corrected chi connectivity index (χ2v) is 11.0. The number of nitrogens with one attached hydrogen (secondary N) is 2. The molecule has 3 N–H and O–H groups in total. The van der Waals surface area contributed by atoms with E-state index >= 15 is 0 Å². The highest BCUT2D eigenvalue weighted by Gasteiger charge is 2.42. The van der Waals surface area contributed by atoms with E-state index in [0.717, 1.165) is 45.3 Å². The van der Waals surface area contributed by atoms with Crippen LogP contribution >= 0.6 is 12.2 Å². The predicted octanol–water partition coefficient (Wildman–Crippen LogP) is 6.27. The van der Waals surface area contributed by atoms with Crippen LogP contribution in [0.5, 0.6) is 0 Å². The van der Waals surface area contributed by atoms with Gasteiger partial charge in [0.15, 0.2) is 5.11 Å². The molecule has 41 heavy (non-hydrogen) atoms. The van der Waals surface area contributed by atoms with Gasteiger partial charge in [-0.15, -0.1) is 0 Å². The smallest absolute Gasteiger partial charge is 0.335 e. The lowest BCUT2D eigenvalue weighted by molar-refractivity contribution is -0.118. The van der Waals surface area contributed by atoms with E-state index < -0.39 is 5.97 Å². The summed E-state index contributed by atoms with van der Waals surface area (Å²) in [5.74, 6) is -1.13. The van der Waals surface area contributed by atoms with Crippen molar-refractivity contribution in [2.24, 2.45) is 5.92 Å². The standard InChI is InChI=1S/C32H33N5O3S/c1-18(2)30(38)34-26-13-12-24(15-19(26)3)37-29(28(35-32(37)41)27-11-6-7-14-33-27)25-16-20(4)36(21(25)5)23-10-8-9-22(17-23)31(39)40/h6-18,28-29H,1-5H3,(H,34,38)(H,35,41)(H,39,40)/t28-,29+/m1/s1. The summed E-state index contributed by atoms with van der Waals surface area (Å²) in [4.78, 5) is 30.8. The molecule has 4 aromatic rings. The highest BCUT2D eigenvalue weighted by molar-refractivity contribution is 7.80. The van der Waals surface area contributed by atoms with Crippen molar-refractivity contribution >= 4 is 40.6 Å². The van der Waals surface area contributed by atoms with Crippen molar-refractivity contribution in [3.05, 3.63) is 107 Å². The number of nitrogens with zero attached hydrogens (tertiary/aromatic N) is 3. The Bertz CT molecular complexity index is 1650. The molecule has 0 unspecified atom stereocenters. The summed E-state index contributed by atoms with van der Waals surface area (Å²) in [6.45, 7) is 9.76. The minimum absolute atomic E-state index is 0.0355. The topological polar surface area (TPSA) is 99.5 Å². The Labute approximate surface area is 245 Å². The Kier molecular flexibility index (Phi) is 7.64. The highest BCUT2D eigenvalue weighted by Crippen LogP contribution is 2.44. The van der Waals surface area contributed by atoms with Crippen LogP contribution in [0.3, 0.4) is 0 Å². The summed E-state index contributed by atoms with van der Waals surface area (Å²) >= 11 is 5.92. The van der Waals surface area contributed by atoms with Gasteiger partial charge in [0.1, 0.15) is 0 Å². The van der Waals surface area contributed by atoms with Gasteiger partial charge in [0.25, 0.3) is 0 Å². The summed E-state index contributed by atoms with van der Waals surface area (Å²) in [6.07, 6.45) is 1.77. The van der Waals surface area contributed by atoms with E-state index in [1.165, 1.54) is 0 Å². The van der Waals surface area contributed by atoms with Crippen molar-refractivity contribution in [2.45, 2.75) is 46.7 Å². The quantitative estimate of drug-likeness (QED) is 0.227. The zero-order valence-corrected chi connectivity index (χ0v) is 24.5. The molecule has 2 aromatic carbocycles. The van der Waals surface area contributed by atoms with Gasteiger partial charge in [0.05, 0.1) is 23.3 Å². The minimum Gasteiger partial charge on any atom is -0.478 e. The van der Waals surface area contributed by atoms with Crippen LogP contribution < -0.4 is 15.5 Å². The molecule has 3 heterocycles. The lowest BCUT2D eigenvalue weighted by atomic mass is 9.96. The number of benzene rings is 2. The van der Waals surface area contributed by atoms with E-state index in [4.69, 9.17) is 12.2 Å². The fraction of sp³-hybridized carbons (Fsp3) is 0.250. The molecule has 1 amide bonds. The molecule has 5 rings (SSSR count). The third-order valence-electron chi connectivity index (χ3n) is 7.51. The molecule has 2 atom stereocenters. The van der Waals surface area contributed by atoms with E-state index in [1.54, 1.807) is 24.4 Å². The molecule has 1 aliphatic rings. The molecule has 0 bridgehead atoms. The highest BCUT2D eigenvalue weighted by atomic mass is 32.1. The summed E-state index contributed by atoms with van der Waals surface area (Å²) < 4.78 is 2.08. The number of carbonyl (C=O) groups is 2. The monoisotopic (exact) mass is 567 g/mol. The van der Waals surface area contributed by atoms with Crippen LogP contribution in [0.15, 0.2) is 72.9 Å². The molecule has 1 aliphatic heterocycles. The first kappa shape index (κ1) is 28.0. The third-order valence-corrected chi connectivity index (χ3v) is 7.82. The number of carboxylic acids is 1. The van der Waals surface area contributed by atoms with E-state index in [0.29, 0.717) is 5.11 Å². The Morgan fingerprint density at radius 3 is 2.44 bits per heavy atom. The summed E-state index contributed by atoms with van der Waals surface area (Å²) in [7, 11) is 0. The van der Waals surface area contributed by atoms with Crippen molar-refractivity contribution in [3.63, 3.8) is 0 Å². The van der Waals surface area contributed by atoms with Crippen LogP contribution in [0.1, 0.15) is 64.5 Å². The lowest BCUT2D eigenvalue weighted by Crippen LogP contribution is -2.29. The van der Waals surface area contributed by atoms with Crippen molar-refractivity contribution < 1.29 is 14.7 Å². The largest absolute Gasteiger partial charge is 0.478 e. The van der Waals surface area contributed by atoms with Crippen LogP contribution in [0.4, 0.5) is 11.4 Å². The van der Waals surface area contributed by atoms with E-state index in [9.17, 15) is 14.7 Å². The number of amides is 1. The minimum atomic E-state index is -0.968. The number of pyridine rings is 1. The molecular weight excluding hydrogens is 534 g/mol. The first-order valence-electron chi connectivity index (χ1n) is 13.5. The van der Waals surface area contributed by atoms with Crippen LogP contribution in [0.2, 0.25) is 0 Å². The fourth-order valence-electron chi connectivity index (χ4n) is 5.43. The Morgan fingerprint density at radius 1 is 1.00 bits per heavy atom. The molecule has 2 aromatic heterocycles. The maximum absolute atomic E-state index is 12.3. The zero-order chi connectivity index (χ0) is 29.4. The average Bonchev–Trinajstić information content (AvgIpc) is 3.44. The van der Waals surface area contributed by atoms with Crippen molar-refractivity contribution in [1.82, 2.24) is 14.9 Å². The molecule has 0 aliphatic carbocycles. The number of thiocarbonyl (C=S) groups is 1. The number of aryl methyl sites for hydroxylation is 2. The van der Waals surface area contributed by atoms with Crippen LogP contribution in [-0.4, -0.2) is 31.6 Å². The number of hydrogen-bond acceptors (Lipinski definition) is 4. The second kappa shape index (κ2) is 11.2. The van der Waals surface area contributed by atoms with E-state index in [2.05, 4.69) is 31.2 Å². The van der Waals surface area contributed by atoms with Gasteiger partial charge < -0.3 is 25.2 Å². The first-order valence-corrected chi connectivity index (χ1v) is 13.9. The molecule has 0 radical (unpaired) electrons. The Morgan fingerprint density at radius 2 is 1.78 bits per heavy atom. The van der Waals surface area contributed by atoms with Crippen molar-refractivity contribution in [1.29, 1.82) is 0 Å². The molecule has 0 saturated carbocycles. The zero-order valence-electron chi connectivity index (χ0n) is 23.7. The summed E-state index contributed by atoms with van der Waals surface area (Å²) in [5, 5.41) is 16.7. The second-order valence-electron chi connectivity index (χ2n) is 10.7. The van der Waals surface area contributed by atoms with Gasteiger partial charge in [0, 0.05) is 40.6 Å². The average molecular weight is 568 g/mol. The number of aromatic nitrogens is 2. The summed E-state index contributed by atoms with van der Waals surface area (Å²) in [5.41, 5.74) is 7.44. The molecule has 1 fully saturated rings. The number of anilines is 2. The maximum atomic E-state index is 12.3. The third kappa shape index (κ3) is 5.32. The summed E-state index contributed by atoms with van der Waals surface area (Å²) in [6, 6.07) is 20.4. The SMILES string of the molecule is Cc1cc(N2C(=S)N[C@H](c3ccccn3)[C@@H]2c2cc(C)n(-c3cccc(C(=O)O)c3)c2C)ccc1NC(=O)C(C)C. The van der Waals surface area contributed by atoms with Gasteiger partial charge in [-0.2, -0.15) is 0 Å². The van der Waals surface area contributed by atoms with Gasteiger partial charge in [-0.1, -0.05) is 26.0 Å². The Hall–Kier alpha value is -4.50. The molecule has 0 spiro atoms. The van der Waals surface area contributed by atoms with Crippen LogP contribution in [-0.2, 0) is 4.79 Å². The number of rotatable bonds is 7. The number of carbonyl (C=O) groups excluding carboxylic acids is 1.